The Hall–Kier alpha value is -2.56. The number of aliphatic hydroxyl groups is 10. The lowest BCUT2D eigenvalue weighted by molar-refractivity contribution is -0.360. The molecule has 18 unspecified atom stereocenters. The Balaban J connectivity index is 1.73. The fourth-order valence-corrected chi connectivity index (χ4v) is 14.1. The van der Waals surface area contributed by atoms with Crippen LogP contribution in [0, 0.1) is 0 Å². The number of esters is 3. The van der Waals surface area contributed by atoms with Gasteiger partial charge in [0.1, 0.15) is 98.7 Å². The van der Waals surface area contributed by atoms with Gasteiger partial charge in [0.2, 0.25) is 0 Å². The molecule has 11 N–H and O–H groups in total. The average Bonchev–Trinajstić information content (AvgIpc) is 0.760. The number of aliphatic hydroxyl groups excluding tert-OH is 10. The van der Waals surface area contributed by atoms with E-state index in [1.54, 1.807) is 6.08 Å². The highest BCUT2D eigenvalue weighted by molar-refractivity contribution is 7.47. The smallest absolute Gasteiger partial charge is 0.463 e. The van der Waals surface area contributed by atoms with Crippen molar-refractivity contribution in [1.29, 1.82) is 0 Å². The number of hydrogen-bond donors (Lipinski definition) is 11. The van der Waals surface area contributed by atoms with Crippen LogP contribution >= 0.6 is 7.82 Å². The molecule has 101 heavy (non-hydrogen) atoms. The van der Waals surface area contributed by atoms with Gasteiger partial charge < -0.3 is 89.1 Å². The summed E-state index contributed by atoms with van der Waals surface area (Å²) >= 11 is 0. The van der Waals surface area contributed by atoms with E-state index in [1.165, 1.54) is 179 Å². The van der Waals surface area contributed by atoms with E-state index in [1.807, 2.05) is 6.08 Å². The number of phosphoric acid groups is 1. The molecule has 2 heterocycles. The van der Waals surface area contributed by atoms with E-state index in [9.17, 15) is 74.9 Å². The third kappa shape index (κ3) is 40.3. The lowest BCUT2D eigenvalue weighted by atomic mass is 9.84. The lowest BCUT2D eigenvalue weighted by Gasteiger charge is -2.49. The molecule has 1 saturated carbocycles. The zero-order valence-electron chi connectivity index (χ0n) is 61.9. The van der Waals surface area contributed by atoms with Crippen LogP contribution in [0.25, 0.3) is 0 Å². The second-order valence-electron chi connectivity index (χ2n) is 28.5. The van der Waals surface area contributed by atoms with Crippen molar-refractivity contribution in [2.75, 3.05) is 26.4 Å². The van der Waals surface area contributed by atoms with Gasteiger partial charge in [0.05, 0.1) is 13.2 Å². The highest BCUT2D eigenvalue weighted by Gasteiger charge is 2.58. The Morgan fingerprint density at radius 2 is 0.762 bits per heavy atom. The Bertz CT molecular complexity index is 2180. The van der Waals surface area contributed by atoms with Gasteiger partial charge in [-0.1, -0.05) is 289 Å². The number of rotatable bonds is 62. The van der Waals surface area contributed by atoms with E-state index < -0.39 is 156 Å². The second kappa shape index (κ2) is 57.6. The lowest BCUT2D eigenvalue weighted by Crippen LogP contribution is -2.69. The van der Waals surface area contributed by atoms with Crippen molar-refractivity contribution in [2.45, 2.75) is 414 Å². The fourth-order valence-electron chi connectivity index (χ4n) is 13.1. The largest absolute Gasteiger partial charge is 0.472 e. The highest BCUT2D eigenvalue weighted by Crippen LogP contribution is 2.49. The molecular formula is C76H139O24P. The minimum Gasteiger partial charge on any atom is -0.463 e. The normalized spacial score (nSPS) is 27.3. The van der Waals surface area contributed by atoms with Gasteiger partial charge >= 0.3 is 25.7 Å². The molecular weight excluding hydrogens is 1330 g/mol. The number of hydrogen-bond acceptors (Lipinski definition) is 23. The first-order valence-electron chi connectivity index (χ1n) is 39.7. The number of carbonyl (C=O) groups is 3. The van der Waals surface area contributed by atoms with Crippen LogP contribution < -0.4 is 0 Å². The number of ether oxygens (including phenoxy) is 7. The fraction of sp³-hybridized carbons (Fsp3) is 0.908. The van der Waals surface area contributed by atoms with Gasteiger partial charge in [-0.05, 0) is 25.7 Å². The monoisotopic (exact) mass is 1470 g/mol. The Labute approximate surface area is 605 Å². The molecule has 0 bridgehead atoms. The molecule has 0 aromatic heterocycles. The summed E-state index contributed by atoms with van der Waals surface area (Å²) in [6.45, 7) is 3.37. The van der Waals surface area contributed by atoms with Crippen LogP contribution in [0.3, 0.4) is 0 Å². The Morgan fingerprint density at radius 1 is 0.406 bits per heavy atom. The van der Waals surface area contributed by atoms with Gasteiger partial charge in [0.15, 0.2) is 18.7 Å². The maximum absolute atomic E-state index is 14.3. The van der Waals surface area contributed by atoms with Crippen molar-refractivity contribution in [3.8, 4) is 0 Å². The van der Waals surface area contributed by atoms with Crippen molar-refractivity contribution in [3.63, 3.8) is 0 Å². The quantitative estimate of drug-likeness (QED) is 0.00673. The predicted molar refractivity (Wildman–Crippen MR) is 384 cm³/mol. The summed E-state index contributed by atoms with van der Waals surface area (Å²) in [5.74, 6) is -2.23. The van der Waals surface area contributed by atoms with Crippen LogP contribution in [0.5, 0.6) is 0 Å². The Kier molecular flexibility index (Phi) is 52.8. The zero-order valence-corrected chi connectivity index (χ0v) is 62.8. The van der Waals surface area contributed by atoms with Crippen molar-refractivity contribution < 1.29 is 117 Å². The summed E-state index contributed by atoms with van der Waals surface area (Å²) < 4.78 is 64.9. The van der Waals surface area contributed by atoms with Gasteiger partial charge in [0.25, 0.3) is 0 Å². The van der Waals surface area contributed by atoms with Crippen molar-refractivity contribution in [3.05, 3.63) is 24.3 Å². The molecule has 3 rings (SSSR count). The molecule has 0 amide bonds. The van der Waals surface area contributed by atoms with Gasteiger partial charge in [-0.25, -0.2) is 9.36 Å². The summed E-state index contributed by atoms with van der Waals surface area (Å²) in [5.41, 5.74) is 0. The molecule has 24 nitrogen and oxygen atoms in total. The van der Waals surface area contributed by atoms with Gasteiger partial charge in [-0.15, -0.1) is 0 Å². The molecule has 1 aliphatic carbocycles. The predicted octanol–water partition coefficient (Wildman–Crippen LogP) is 11.7. The van der Waals surface area contributed by atoms with Crippen LogP contribution in [0.1, 0.15) is 310 Å². The van der Waals surface area contributed by atoms with Crippen LogP contribution in [0.15, 0.2) is 24.3 Å². The van der Waals surface area contributed by atoms with E-state index in [2.05, 4.69) is 20.8 Å². The molecule has 0 aromatic carbocycles. The SMILES string of the molecule is CCCCCCCCCCCCC/C=C/C=C/C(=O)OCC(COP(=O)(O)OC1C(OC2OC(CO)C(O)C(O)C2O)C(O)C(O)C(O)C1OC1OC(COC(=O)CCCCCCCCCCCCCCCCCC)C(O)C(O)C1O)OC(=O)CCCCCCCCCCCCCCCCC. The average molecular weight is 1470 g/mol. The third-order valence-electron chi connectivity index (χ3n) is 19.6. The molecule has 0 aromatic rings. The standard InChI is InChI=1S/C76H139O24P/c1-4-7-10-13-16-19-22-25-28-31-33-36-39-42-45-48-51-61(79)93-56-59-64(82)66(84)71(89)76(97-59)99-73-69(87)67(85)68(86)72(98-75-70(88)65(83)63(81)58(53-77)96-75)74(73)100-101(90,91)94-55-57(95-62(80)52-49-46-43-40-37-34-30-27-24-21-18-15-12-9-6-3)54-92-60(78)50-47-44-41-38-35-32-29-26-23-20-17-14-11-8-5-2/h41,44,47,50,57-59,63-77,81-89H,4-40,42-43,45-46,48-49,51-56H2,1-3H3,(H,90,91)/b44-41+,50-47+. The number of carbonyl (C=O) groups excluding carboxylic acids is 3. The summed E-state index contributed by atoms with van der Waals surface area (Å²) in [6, 6.07) is 0. The minimum atomic E-state index is -5.72. The molecule has 0 radical (unpaired) electrons. The van der Waals surface area contributed by atoms with Crippen molar-refractivity contribution in [1.82, 2.24) is 0 Å². The molecule has 0 spiro atoms. The molecule has 18 atom stereocenters. The van der Waals surface area contributed by atoms with Crippen LogP contribution in [-0.2, 0) is 61.2 Å². The Morgan fingerprint density at radius 3 is 1.17 bits per heavy atom. The van der Waals surface area contributed by atoms with Gasteiger partial charge in [-0.2, -0.15) is 0 Å². The van der Waals surface area contributed by atoms with Gasteiger partial charge in [0, 0.05) is 18.9 Å². The van der Waals surface area contributed by atoms with E-state index in [0.717, 1.165) is 96.0 Å². The van der Waals surface area contributed by atoms with E-state index in [-0.39, 0.29) is 12.8 Å². The highest BCUT2D eigenvalue weighted by atomic mass is 31.2. The number of phosphoric ester groups is 1. The zero-order chi connectivity index (χ0) is 73.9. The third-order valence-corrected chi connectivity index (χ3v) is 20.6. The molecule has 2 aliphatic heterocycles. The topological polar surface area (TPSA) is 374 Å². The molecule has 2 saturated heterocycles. The second-order valence-corrected chi connectivity index (χ2v) is 29.9. The summed E-state index contributed by atoms with van der Waals surface area (Å²) in [5, 5.41) is 110. The van der Waals surface area contributed by atoms with E-state index in [4.69, 9.17) is 42.2 Å². The van der Waals surface area contributed by atoms with Crippen molar-refractivity contribution >= 4 is 25.7 Å². The summed E-state index contributed by atoms with van der Waals surface area (Å²) in [6.07, 6.45) is 20.0. The number of unbranched alkanes of at least 4 members (excludes halogenated alkanes) is 40. The summed E-state index contributed by atoms with van der Waals surface area (Å²) in [7, 11) is -5.72. The van der Waals surface area contributed by atoms with Crippen LogP contribution in [0.4, 0.5) is 0 Å². The first-order chi connectivity index (χ1) is 48.8. The van der Waals surface area contributed by atoms with E-state index in [0.29, 0.717) is 12.8 Å². The maximum atomic E-state index is 14.3. The minimum absolute atomic E-state index is 0.0294. The maximum Gasteiger partial charge on any atom is 0.472 e. The van der Waals surface area contributed by atoms with Crippen LogP contribution in [0.2, 0.25) is 0 Å². The van der Waals surface area contributed by atoms with E-state index >= 15 is 0 Å². The first-order valence-corrected chi connectivity index (χ1v) is 41.2. The van der Waals surface area contributed by atoms with Gasteiger partial charge in [-0.3, -0.25) is 18.6 Å². The van der Waals surface area contributed by atoms with Crippen molar-refractivity contribution in [2.24, 2.45) is 0 Å². The first kappa shape index (κ1) is 92.6. The number of allylic oxidation sites excluding steroid dienone is 3. The molecule has 592 valence electrons. The molecule has 3 aliphatic rings. The molecule has 25 heteroatoms. The molecule has 3 fully saturated rings. The summed E-state index contributed by atoms with van der Waals surface area (Å²) in [4.78, 5) is 51.0. The van der Waals surface area contributed by atoms with Crippen LogP contribution in [-0.4, -0.2) is 204 Å².